The van der Waals surface area contributed by atoms with E-state index in [0.29, 0.717) is 0 Å². The van der Waals surface area contributed by atoms with Crippen LogP contribution in [0.15, 0.2) is 84.0 Å². The summed E-state index contributed by atoms with van der Waals surface area (Å²) in [4.78, 5) is 6.94. The van der Waals surface area contributed by atoms with Crippen molar-refractivity contribution in [3.05, 3.63) is 101 Å². The smallest absolute Gasteiger partial charge is 0.149 e. The highest BCUT2D eigenvalue weighted by molar-refractivity contribution is 6.00. The van der Waals surface area contributed by atoms with Gasteiger partial charge in [0.1, 0.15) is 19.1 Å². The molecule has 0 N–H and O–H groups in total. The van der Waals surface area contributed by atoms with Gasteiger partial charge in [0.2, 0.25) is 0 Å². The van der Waals surface area contributed by atoms with E-state index in [4.69, 9.17) is 9.57 Å². The van der Waals surface area contributed by atoms with Gasteiger partial charge in [-0.2, -0.15) is 0 Å². The van der Waals surface area contributed by atoms with E-state index in [0.717, 1.165) is 34.4 Å². The van der Waals surface area contributed by atoms with Crippen LogP contribution >= 0.6 is 0 Å². The van der Waals surface area contributed by atoms with Crippen LogP contribution in [0.5, 0.6) is 5.75 Å². The molecular weight excluding hydrogens is 396 g/mol. The fourth-order valence-corrected chi connectivity index (χ4v) is 3.61. The van der Waals surface area contributed by atoms with Gasteiger partial charge in [-0.3, -0.25) is 4.90 Å². The molecule has 166 valence electrons. The molecule has 0 aliphatic carbocycles. The molecule has 0 aliphatic heterocycles. The molecule has 0 aromatic heterocycles. The summed E-state index contributed by atoms with van der Waals surface area (Å²) in [5, 5.41) is 3.94. The number of oxime groups is 1. The number of benzene rings is 3. The number of para-hydroxylation sites is 1. The van der Waals surface area contributed by atoms with Crippen molar-refractivity contribution < 1.29 is 9.57 Å². The summed E-state index contributed by atoms with van der Waals surface area (Å²) in [5.41, 5.74) is 6.79. The Hall–Kier alpha value is -3.37. The third-order valence-corrected chi connectivity index (χ3v) is 5.44. The molecule has 3 aromatic rings. The normalized spacial score (nSPS) is 13.2. The average Bonchev–Trinajstić information content (AvgIpc) is 2.82. The SMILES string of the molecule is CC/C(=C(\c1cccc(/C=N/OC)c1)c1ccccc1OC(C)N(C)C)c1ccccc1. The minimum absolute atomic E-state index is 0.0561. The van der Waals surface area contributed by atoms with Crippen molar-refractivity contribution in [2.75, 3.05) is 21.2 Å². The van der Waals surface area contributed by atoms with Crippen LogP contribution in [0.2, 0.25) is 0 Å². The standard InChI is InChI=1S/C28H32N2O2/c1-6-25(23-14-8-7-9-15-23)28(24-16-12-13-22(19-24)20-29-31-5)26-17-10-11-18-27(26)32-21(2)30(3)4/h7-21H,6H2,1-5H3/b28-25-,29-20+. The first-order valence-electron chi connectivity index (χ1n) is 10.9. The predicted octanol–water partition coefficient (Wildman–Crippen LogP) is 6.32. The molecule has 4 heteroatoms. The molecule has 0 radical (unpaired) electrons. The van der Waals surface area contributed by atoms with Crippen LogP contribution in [0.4, 0.5) is 0 Å². The Labute approximate surface area is 191 Å². The van der Waals surface area contributed by atoms with Crippen molar-refractivity contribution in [1.29, 1.82) is 0 Å². The van der Waals surface area contributed by atoms with Gasteiger partial charge in [0.05, 0.1) is 6.21 Å². The van der Waals surface area contributed by atoms with E-state index in [-0.39, 0.29) is 6.23 Å². The van der Waals surface area contributed by atoms with E-state index in [2.05, 4.69) is 78.5 Å². The van der Waals surface area contributed by atoms with E-state index >= 15 is 0 Å². The molecule has 0 bridgehead atoms. The maximum Gasteiger partial charge on any atom is 0.149 e. The Morgan fingerprint density at radius 1 is 0.938 bits per heavy atom. The molecule has 4 nitrogen and oxygen atoms in total. The van der Waals surface area contributed by atoms with Gasteiger partial charge in [-0.15, -0.1) is 0 Å². The highest BCUT2D eigenvalue weighted by Gasteiger charge is 2.18. The van der Waals surface area contributed by atoms with E-state index in [9.17, 15) is 0 Å². The van der Waals surface area contributed by atoms with E-state index in [1.807, 2.05) is 38.4 Å². The van der Waals surface area contributed by atoms with Crippen molar-refractivity contribution in [2.45, 2.75) is 26.5 Å². The molecule has 0 amide bonds. The van der Waals surface area contributed by atoms with Crippen LogP contribution in [0, 0.1) is 0 Å². The quantitative estimate of drug-likeness (QED) is 0.173. The molecule has 3 rings (SSSR count). The first-order chi connectivity index (χ1) is 15.5. The zero-order chi connectivity index (χ0) is 22.9. The highest BCUT2D eigenvalue weighted by Crippen LogP contribution is 2.39. The molecule has 0 saturated heterocycles. The van der Waals surface area contributed by atoms with Crippen LogP contribution in [0.1, 0.15) is 42.5 Å². The van der Waals surface area contributed by atoms with Crippen molar-refractivity contribution in [2.24, 2.45) is 5.16 Å². The van der Waals surface area contributed by atoms with Crippen molar-refractivity contribution in [3.8, 4) is 5.75 Å². The molecule has 0 aliphatic rings. The van der Waals surface area contributed by atoms with Crippen LogP contribution in [-0.2, 0) is 4.84 Å². The molecule has 1 atom stereocenters. The number of nitrogens with zero attached hydrogens (tertiary/aromatic N) is 2. The summed E-state index contributed by atoms with van der Waals surface area (Å²) in [6.07, 6.45) is 2.55. The summed E-state index contributed by atoms with van der Waals surface area (Å²) >= 11 is 0. The Morgan fingerprint density at radius 3 is 2.31 bits per heavy atom. The minimum atomic E-state index is -0.0561. The Morgan fingerprint density at radius 2 is 1.62 bits per heavy atom. The van der Waals surface area contributed by atoms with Gasteiger partial charge < -0.3 is 9.57 Å². The van der Waals surface area contributed by atoms with Gasteiger partial charge in [-0.25, -0.2) is 0 Å². The zero-order valence-corrected chi connectivity index (χ0v) is 19.6. The Kier molecular flexibility index (Phi) is 8.23. The lowest BCUT2D eigenvalue weighted by Gasteiger charge is -2.25. The number of rotatable bonds is 9. The third kappa shape index (κ3) is 5.65. The summed E-state index contributed by atoms with van der Waals surface area (Å²) in [6, 6.07) is 27.2. The largest absolute Gasteiger partial charge is 0.475 e. The summed E-state index contributed by atoms with van der Waals surface area (Å²) in [6.45, 7) is 4.25. The lowest BCUT2D eigenvalue weighted by atomic mass is 9.87. The van der Waals surface area contributed by atoms with Crippen LogP contribution in [-0.4, -0.2) is 38.5 Å². The highest BCUT2D eigenvalue weighted by atomic mass is 16.6. The molecule has 0 fully saturated rings. The van der Waals surface area contributed by atoms with Gasteiger partial charge in [-0.05, 0) is 67.4 Å². The molecule has 3 aromatic carbocycles. The number of hydrogen-bond donors (Lipinski definition) is 0. The second-order valence-corrected chi connectivity index (χ2v) is 7.79. The summed E-state index contributed by atoms with van der Waals surface area (Å²) < 4.78 is 6.38. The van der Waals surface area contributed by atoms with Crippen LogP contribution in [0.25, 0.3) is 11.1 Å². The van der Waals surface area contributed by atoms with Gasteiger partial charge in [0, 0.05) is 5.56 Å². The molecule has 0 heterocycles. The average molecular weight is 429 g/mol. The molecule has 1 unspecified atom stereocenters. The molecule has 0 saturated carbocycles. The fourth-order valence-electron chi connectivity index (χ4n) is 3.61. The van der Waals surface area contributed by atoms with E-state index < -0.39 is 0 Å². The second-order valence-electron chi connectivity index (χ2n) is 7.79. The minimum Gasteiger partial charge on any atom is -0.475 e. The first kappa shape index (κ1) is 23.3. The van der Waals surface area contributed by atoms with Crippen molar-refractivity contribution in [1.82, 2.24) is 4.90 Å². The monoisotopic (exact) mass is 428 g/mol. The predicted molar refractivity (Wildman–Crippen MR) is 134 cm³/mol. The second kappa shape index (κ2) is 11.3. The summed E-state index contributed by atoms with van der Waals surface area (Å²) in [7, 11) is 5.59. The Bertz CT molecular complexity index is 1070. The number of ether oxygens (including phenoxy) is 1. The Balaban J connectivity index is 2.26. The maximum atomic E-state index is 6.38. The van der Waals surface area contributed by atoms with Crippen molar-refractivity contribution >= 4 is 17.4 Å². The van der Waals surface area contributed by atoms with Gasteiger partial charge in [0.25, 0.3) is 0 Å². The van der Waals surface area contributed by atoms with Crippen LogP contribution < -0.4 is 4.74 Å². The van der Waals surface area contributed by atoms with Gasteiger partial charge >= 0.3 is 0 Å². The maximum absolute atomic E-state index is 6.38. The lowest BCUT2D eigenvalue weighted by molar-refractivity contribution is 0.0813. The first-order valence-corrected chi connectivity index (χ1v) is 10.9. The van der Waals surface area contributed by atoms with Crippen LogP contribution in [0.3, 0.4) is 0 Å². The van der Waals surface area contributed by atoms with Crippen molar-refractivity contribution in [3.63, 3.8) is 0 Å². The topological polar surface area (TPSA) is 34.1 Å². The van der Waals surface area contributed by atoms with E-state index in [1.54, 1.807) is 13.3 Å². The molecular formula is C28H32N2O2. The number of hydrogen-bond acceptors (Lipinski definition) is 4. The van der Waals surface area contributed by atoms with Gasteiger partial charge in [-0.1, -0.05) is 78.8 Å². The number of allylic oxidation sites excluding steroid dienone is 1. The zero-order valence-electron chi connectivity index (χ0n) is 19.6. The fraction of sp³-hybridized carbons (Fsp3) is 0.250. The van der Waals surface area contributed by atoms with Gasteiger partial charge in [0.15, 0.2) is 0 Å². The summed E-state index contributed by atoms with van der Waals surface area (Å²) in [5.74, 6) is 0.863. The molecule has 0 spiro atoms. The lowest BCUT2D eigenvalue weighted by Crippen LogP contribution is -2.30. The third-order valence-electron chi connectivity index (χ3n) is 5.44. The van der Waals surface area contributed by atoms with E-state index in [1.165, 1.54) is 11.1 Å². The molecule has 32 heavy (non-hydrogen) atoms.